The number of hydrogen-bond acceptors (Lipinski definition) is 5. The molecule has 1 amide bonds. The Hall–Kier alpha value is -2.54. The first-order chi connectivity index (χ1) is 10.9. The molecule has 0 aliphatic rings. The number of H-pyrrole nitrogens is 1. The molecule has 2 rings (SSSR count). The van der Waals surface area contributed by atoms with Crippen LogP contribution in [0.25, 0.3) is 0 Å². The third kappa shape index (κ3) is 3.45. The van der Waals surface area contributed by atoms with Crippen molar-refractivity contribution >= 4 is 23.2 Å². The highest BCUT2D eigenvalue weighted by Crippen LogP contribution is 2.36. The van der Waals surface area contributed by atoms with Crippen molar-refractivity contribution in [3.63, 3.8) is 0 Å². The third-order valence-corrected chi connectivity index (χ3v) is 3.46. The van der Waals surface area contributed by atoms with Crippen molar-refractivity contribution in [1.29, 1.82) is 0 Å². The lowest BCUT2D eigenvalue weighted by Gasteiger charge is -2.13. The summed E-state index contributed by atoms with van der Waals surface area (Å²) in [5.41, 5.74) is 0.0979. The van der Waals surface area contributed by atoms with Crippen molar-refractivity contribution < 1.29 is 14.3 Å². The van der Waals surface area contributed by atoms with Crippen LogP contribution in [0.1, 0.15) is 21.9 Å². The van der Waals surface area contributed by atoms with Gasteiger partial charge >= 0.3 is 0 Å². The van der Waals surface area contributed by atoms with E-state index in [0.717, 1.165) is 0 Å². The van der Waals surface area contributed by atoms with Crippen molar-refractivity contribution in [2.75, 3.05) is 19.5 Å². The van der Waals surface area contributed by atoms with E-state index in [1.807, 2.05) is 0 Å². The average Bonchev–Trinajstić information content (AvgIpc) is 2.47. The van der Waals surface area contributed by atoms with Crippen molar-refractivity contribution in [3.05, 3.63) is 44.6 Å². The number of nitrogens with one attached hydrogen (secondary N) is 2. The van der Waals surface area contributed by atoms with Gasteiger partial charge in [0.1, 0.15) is 22.9 Å². The van der Waals surface area contributed by atoms with Crippen LogP contribution >= 0.6 is 11.6 Å². The number of aryl methyl sites for hydroxylation is 2. The summed E-state index contributed by atoms with van der Waals surface area (Å²) < 4.78 is 10.3. The third-order valence-electron chi connectivity index (χ3n) is 3.17. The van der Waals surface area contributed by atoms with Crippen LogP contribution < -0.4 is 20.3 Å². The van der Waals surface area contributed by atoms with E-state index in [2.05, 4.69) is 15.3 Å². The van der Waals surface area contributed by atoms with E-state index < -0.39 is 11.5 Å². The summed E-state index contributed by atoms with van der Waals surface area (Å²) in [6, 6.07) is 3.03. The Morgan fingerprint density at radius 3 is 2.43 bits per heavy atom. The molecule has 0 aliphatic carbocycles. The van der Waals surface area contributed by atoms with Crippen LogP contribution in [-0.2, 0) is 0 Å². The summed E-state index contributed by atoms with van der Waals surface area (Å²) in [5.74, 6) is 0.558. The zero-order valence-electron chi connectivity index (χ0n) is 13.1. The number of benzene rings is 1. The van der Waals surface area contributed by atoms with Crippen LogP contribution in [0.15, 0.2) is 16.9 Å². The molecule has 0 fully saturated rings. The van der Waals surface area contributed by atoms with Crippen LogP contribution in [0.5, 0.6) is 11.5 Å². The molecule has 7 nitrogen and oxygen atoms in total. The van der Waals surface area contributed by atoms with Gasteiger partial charge in [0.15, 0.2) is 0 Å². The fourth-order valence-electron chi connectivity index (χ4n) is 2.14. The number of anilines is 1. The minimum Gasteiger partial charge on any atom is -0.495 e. The van der Waals surface area contributed by atoms with Crippen molar-refractivity contribution in [2.45, 2.75) is 13.8 Å². The van der Waals surface area contributed by atoms with Gasteiger partial charge in [0.05, 0.1) is 30.6 Å². The van der Waals surface area contributed by atoms with Gasteiger partial charge in [0.2, 0.25) is 0 Å². The Bertz CT molecular complexity index is 817. The van der Waals surface area contributed by atoms with Gasteiger partial charge in [-0.15, -0.1) is 0 Å². The van der Waals surface area contributed by atoms with Crippen LogP contribution in [0.3, 0.4) is 0 Å². The number of hydrogen-bond donors (Lipinski definition) is 2. The molecule has 0 spiro atoms. The Kier molecular flexibility index (Phi) is 4.90. The lowest BCUT2D eigenvalue weighted by Crippen LogP contribution is -2.26. The number of nitrogens with zero attached hydrogens (tertiary/aromatic N) is 1. The Balaban J connectivity index is 2.43. The second-order valence-corrected chi connectivity index (χ2v) is 5.16. The van der Waals surface area contributed by atoms with Crippen molar-refractivity contribution in [2.24, 2.45) is 0 Å². The minimum absolute atomic E-state index is 0.0634. The molecule has 23 heavy (non-hydrogen) atoms. The molecule has 0 unspecified atom stereocenters. The van der Waals surface area contributed by atoms with Crippen molar-refractivity contribution in [3.8, 4) is 11.5 Å². The minimum atomic E-state index is -0.598. The molecule has 0 atom stereocenters. The number of methoxy groups -OCH3 is 2. The molecule has 0 saturated carbocycles. The van der Waals surface area contributed by atoms with E-state index in [9.17, 15) is 9.59 Å². The Labute approximate surface area is 137 Å². The molecule has 1 aromatic carbocycles. The number of aromatic nitrogens is 2. The number of carbonyl (C=O) groups excluding carboxylic acids is 1. The lowest BCUT2D eigenvalue weighted by atomic mass is 10.2. The monoisotopic (exact) mass is 337 g/mol. The summed E-state index contributed by atoms with van der Waals surface area (Å²) in [5, 5.41) is 2.96. The summed E-state index contributed by atoms with van der Waals surface area (Å²) in [6.45, 7) is 3.24. The number of ether oxygens (including phenoxy) is 2. The molecule has 2 aromatic rings. The highest BCUT2D eigenvalue weighted by molar-refractivity contribution is 6.32. The van der Waals surface area contributed by atoms with Gasteiger partial charge in [-0.3, -0.25) is 9.59 Å². The maximum absolute atomic E-state index is 12.4. The second-order valence-electron chi connectivity index (χ2n) is 4.75. The fraction of sp³-hybridized carbons (Fsp3) is 0.267. The van der Waals surface area contributed by atoms with E-state index in [1.165, 1.54) is 26.4 Å². The molecule has 2 N–H and O–H groups in total. The van der Waals surface area contributed by atoms with Gasteiger partial charge < -0.3 is 19.8 Å². The van der Waals surface area contributed by atoms with Gasteiger partial charge in [0.25, 0.3) is 11.5 Å². The number of halogens is 1. The van der Waals surface area contributed by atoms with E-state index in [4.69, 9.17) is 21.1 Å². The largest absolute Gasteiger partial charge is 0.495 e. The van der Waals surface area contributed by atoms with Gasteiger partial charge in [-0.25, -0.2) is 4.98 Å². The molecule has 1 heterocycles. The number of amides is 1. The molecule has 122 valence electrons. The number of rotatable bonds is 4. The van der Waals surface area contributed by atoms with Gasteiger partial charge in [-0.05, 0) is 13.8 Å². The Morgan fingerprint density at radius 2 is 1.87 bits per heavy atom. The summed E-state index contributed by atoms with van der Waals surface area (Å²) >= 11 is 6.02. The normalized spacial score (nSPS) is 10.3. The first-order valence-electron chi connectivity index (χ1n) is 6.67. The lowest BCUT2D eigenvalue weighted by molar-refractivity contribution is 0.102. The summed E-state index contributed by atoms with van der Waals surface area (Å²) in [6.07, 6.45) is 0. The Morgan fingerprint density at radius 1 is 1.22 bits per heavy atom. The first kappa shape index (κ1) is 16.8. The molecule has 0 saturated heterocycles. The highest BCUT2D eigenvalue weighted by atomic mass is 35.5. The van der Waals surface area contributed by atoms with Gasteiger partial charge in [0, 0.05) is 12.1 Å². The first-order valence-corrected chi connectivity index (χ1v) is 7.05. The number of carbonyl (C=O) groups is 1. The van der Waals surface area contributed by atoms with Crippen LogP contribution in [-0.4, -0.2) is 30.1 Å². The maximum Gasteiger partial charge on any atom is 0.264 e. The number of aromatic amines is 1. The van der Waals surface area contributed by atoms with E-state index >= 15 is 0 Å². The molecule has 1 aromatic heterocycles. The van der Waals surface area contributed by atoms with Crippen LogP contribution in [0.4, 0.5) is 5.69 Å². The van der Waals surface area contributed by atoms with Gasteiger partial charge in [-0.2, -0.15) is 0 Å². The summed E-state index contributed by atoms with van der Waals surface area (Å²) in [4.78, 5) is 31.0. The predicted octanol–water partition coefficient (Wildman–Crippen LogP) is 2.31. The van der Waals surface area contributed by atoms with Crippen LogP contribution in [0, 0.1) is 13.8 Å². The standard InChI is InChI=1S/C15H16ClN3O4/c1-7-13(14(20)18-8(2)17-7)15(21)19-10-6-11(22-3)9(16)5-12(10)23-4/h5-6H,1-4H3,(H,19,21)(H,17,18,20). The molecular weight excluding hydrogens is 322 g/mol. The fourth-order valence-corrected chi connectivity index (χ4v) is 2.37. The topological polar surface area (TPSA) is 93.3 Å². The smallest absolute Gasteiger partial charge is 0.264 e. The highest BCUT2D eigenvalue weighted by Gasteiger charge is 2.18. The second kappa shape index (κ2) is 6.70. The zero-order chi connectivity index (χ0) is 17.1. The average molecular weight is 338 g/mol. The summed E-state index contributed by atoms with van der Waals surface area (Å²) in [7, 11) is 2.90. The molecule has 0 aliphatic heterocycles. The van der Waals surface area contributed by atoms with Crippen LogP contribution in [0.2, 0.25) is 5.02 Å². The molecule has 8 heteroatoms. The van der Waals surface area contributed by atoms with Gasteiger partial charge in [-0.1, -0.05) is 11.6 Å². The predicted molar refractivity (Wildman–Crippen MR) is 86.8 cm³/mol. The molecule has 0 bridgehead atoms. The van der Waals surface area contributed by atoms with E-state index in [0.29, 0.717) is 33.7 Å². The SMILES string of the molecule is COc1cc(NC(=O)c2c(C)nc(C)[nH]c2=O)c(OC)cc1Cl. The van der Waals surface area contributed by atoms with Crippen molar-refractivity contribution in [1.82, 2.24) is 9.97 Å². The molecular formula is C15H16ClN3O4. The van der Waals surface area contributed by atoms with E-state index in [1.54, 1.807) is 13.8 Å². The zero-order valence-corrected chi connectivity index (χ0v) is 13.9. The van der Waals surface area contributed by atoms with E-state index in [-0.39, 0.29) is 5.56 Å². The molecule has 0 radical (unpaired) electrons. The quantitative estimate of drug-likeness (QED) is 0.893. The maximum atomic E-state index is 12.4.